The zero-order chi connectivity index (χ0) is 9.80. The Hall–Kier alpha value is -0.840. The second kappa shape index (κ2) is 4.59. The lowest BCUT2D eigenvalue weighted by Crippen LogP contribution is -2.42. The number of nitrogens with two attached hydrogens (primary N) is 1. The molecular weight excluding hydrogens is 176 g/mol. The molecule has 0 spiro atoms. The van der Waals surface area contributed by atoms with Crippen LogP contribution in [-0.4, -0.2) is 36.1 Å². The zero-order valence-corrected chi connectivity index (χ0v) is 8.42. The van der Waals surface area contributed by atoms with E-state index >= 15 is 0 Å². The van der Waals surface area contributed by atoms with Crippen molar-refractivity contribution in [2.75, 3.05) is 26.2 Å². The second-order valence-corrected chi connectivity index (χ2v) is 3.74. The summed E-state index contributed by atoms with van der Waals surface area (Å²) in [6.45, 7) is 6.09. The van der Waals surface area contributed by atoms with Gasteiger partial charge in [-0.05, 0) is 12.1 Å². The van der Waals surface area contributed by atoms with Crippen LogP contribution in [0.5, 0.6) is 0 Å². The third-order valence-corrected chi connectivity index (χ3v) is 2.63. The number of rotatable bonds is 3. The number of aromatic nitrogens is 1. The van der Waals surface area contributed by atoms with Crippen molar-refractivity contribution >= 4 is 0 Å². The molecule has 0 radical (unpaired) electrons. The molecule has 0 unspecified atom stereocenters. The first-order chi connectivity index (χ1) is 6.88. The van der Waals surface area contributed by atoms with E-state index in [0.29, 0.717) is 6.54 Å². The predicted molar refractivity (Wildman–Crippen MR) is 56.8 cm³/mol. The molecule has 0 atom stereocenters. The summed E-state index contributed by atoms with van der Waals surface area (Å²) < 4.78 is 0. The van der Waals surface area contributed by atoms with Gasteiger partial charge >= 0.3 is 0 Å². The summed E-state index contributed by atoms with van der Waals surface area (Å²) >= 11 is 0. The molecule has 1 aromatic rings. The quantitative estimate of drug-likeness (QED) is 0.628. The van der Waals surface area contributed by atoms with Crippen molar-refractivity contribution < 1.29 is 0 Å². The Morgan fingerprint density at radius 3 is 2.57 bits per heavy atom. The van der Waals surface area contributed by atoms with Crippen molar-refractivity contribution in [1.29, 1.82) is 0 Å². The van der Waals surface area contributed by atoms with Crippen LogP contribution in [0.3, 0.4) is 0 Å². The van der Waals surface area contributed by atoms with Crippen molar-refractivity contribution in [1.82, 2.24) is 15.2 Å². The van der Waals surface area contributed by atoms with Gasteiger partial charge in [-0.15, -0.1) is 0 Å². The number of hydrogen-bond donors (Lipinski definition) is 3. The Labute approximate surface area is 84.5 Å². The standard InChI is InChI=1S/C10H18N4/c11-7-9-1-2-10(13-9)8-14-5-3-12-4-6-14/h1-2,12-13H,3-8,11H2. The molecule has 1 aromatic heterocycles. The number of hydrogen-bond acceptors (Lipinski definition) is 3. The molecule has 0 bridgehead atoms. The van der Waals surface area contributed by atoms with Gasteiger partial charge < -0.3 is 16.0 Å². The van der Waals surface area contributed by atoms with Gasteiger partial charge in [-0.2, -0.15) is 0 Å². The summed E-state index contributed by atoms with van der Waals surface area (Å²) in [5.41, 5.74) is 7.93. The first-order valence-corrected chi connectivity index (χ1v) is 5.18. The van der Waals surface area contributed by atoms with E-state index in [0.717, 1.165) is 38.4 Å². The van der Waals surface area contributed by atoms with E-state index in [1.165, 1.54) is 5.69 Å². The van der Waals surface area contributed by atoms with Crippen LogP contribution in [0.25, 0.3) is 0 Å². The molecule has 1 aliphatic heterocycles. The fraction of sp³-hybridized carbons (Fsp3) is 0.600. The second-order valence-electron chi connectivity index (χ2n) is 3.74. The third kappa shape index (κ3) is 2.35. The van der Waals surface area contributed by atoms with Crippen molar-refractivity contribution in [3.05, 3.63) is 23.5 Å². The molecule has 2 heterocycles. The van der Waals surface area contributed by atoms with E-state index in [9.17, 15) is 0 Å². The van der Waals surface area contributed by atoms with Crippen molar-refractivity contribution in [3.8, 4) is 0 Å². The average Bonchev–Trinajstić information content (AvgIpc) is 2.67. The molecule has 4 nitrogen and oxygen atoms in total. The minimum Gasteiger partial charge on any atom is -0.360 e. The van der Waals surface area contributed by atoms with E-state index in [4.69, 9.17) is 5.73 Å². The van der Waals surface area contributed by atoms with Gasteiger partial charge in [0, 0.05) is 50.7 Å². The van der Waals surface area contributed by atoms with Gasteiger partial charge in [0.15, 0.2) is 0 Å². The first kappa shape index (κ1) is 9.71. The Balaban J connectivity index is 1.89. The molecule has 1 fully saturated rings. The zero-order valence-electron chi connectivity index (χ0n) is 8.42. The van der Waals surface area contributed by atoms with Crippen LogP contribution in [0.4, 0.5) is 0 Å². The topological polar surface area (TPSA) is 57.1 Å². The average molecular weight is 194 g/mol. The van der Waals surface area contributed by atoms with Crippen molar-refractivity contribution in [3.63, 3.8) is 0 Å². The Bertz CT molecular complexity index is 275. The smallest absolute Gasteiger partial charge is 0.0386 e. The molecule has 4 heteroatoms. The van der Waals surface area contributed by atoms with Gasteiger partial charge in [-0.1, -0.05) is 0 Å². The lowest BCUT2D eigenvalue weighted by molar-refractivity contribution is 0.231. The lowest BCUT2D eigenvalue weighted by atomic mass is 10.3. The molecule has 1 aliphatic rings. The molecule has 0 saturated carbocycles. The van der Waals surface area contributed by atoms with Crippen molar-refractivity contribution in [2.24, 2.45) is 5.73 Å². The normalized spacial score (nSPS) is 18.6. The van der Waals surface area contributed by atoms with Crippen LogP contribution in [0.1, 0.15) is 11.4 Å². The number of nitrogens with zero attached hydrogens (tertiary/aromatic N) is 1. The SMILES string of the molecule is NCc1ccc(CN2CCNCC2)[nH]1. The molecule has 4 N–H and O–H groups in total. The first-order valence-electron chi connectivity index (χ1n) is 5.18. The minimum absolute atomic E-state index is 0.599. The van der Waals surface area contributed by atoms with Gasteiger partial charge in [0.2, 0.25) is 0 Å². The molecule has 0 amide bonds. The summed E-state index contributed by atoms with van der Waals surface area (Å²) in [6, 6.07) is 4.20. The van der Waals surface area contributed by atoms with E-state index in [1.54, 1.807) is 0 Å². The van der Waals surface area contributed by atoms with Gasteiger partial charge in [0.25, 0.3) is 0 Å². The summed E-state index contributed by atoms with van der Waals surface area (Å²) in [6.07, 6.45) is 0. The Morgan fingerprint density at radius 1 is 1.21 bits per heavy atom. The van der Waals surface area contributed by atoms with Crippen LogP contribution < -0.4 is 11.1 Å². The highest BCUT2D eigenvalue weighted by Gasteiger charge is 2.10. The third-order valence-electron chi connectivity index (χ3n) is 2.63. The molecule has 0 aromatic carbocycles. The number of piperazine rings is 1. The highest BCUT2D eigenvalue weighted by Crippen LogP contribution is 2.05. The van der Waals surface area contributed by atoms with E-state index in [-0.39, 0.29) is 0 Å². The maximum atomic E-state index is 5.54. The lowest BCUT2D eigenvalue weighted by Gasteiger charge is -2.26. The Morgan fingerprint density at radius 2 is 1.93 bits per heavy atom. The summed E-state index contributed by atoms with van der Waals surface area (Å²) in [7, 11) is 0. The van der Waals surface area contributed by atoms with Crippen LogP contribution in [0, 0.1) is 0 Å². The van der Waals surface area contributed by atoms with Gasteiger partial charge in [-0.3, -0.25) is 4.90 Å². The molecule has 1 saturated heterocycles. The van der Waals surface area contributed by atoms with Crippen molar-refractivity contribution in [2.45, 2.75) is 13.1 Å². The van der Waals surface area contributed by atoms with Gasteiger partial charge in [0.1, 0.15) is 0 Å². The van der Waals surface area contributed by atoms with Gasteiger partial charge in [-0.25, -0.2) is 0 Å². The maximum absolute atomic E-state index is 5.54. The highest BCUT2D eigenvalue weighted by atomic mass is 15.2. The van der Waals surface area contributed by atoms with E-state index < -0.39 is 0 Å². The molecular formula is C10H18N4. The Kier molecular flexibility index (Phi) is 3.18. The molecule has 14 heavy (non-hydrogen) atoms. The molecule has 2 rings (SSSR count). The number of aromatic amines is 1. The summed E-state index contributed by atoms with van der Waals surface area (Å²) in [5.74, 6) is 0. The predicted octanol–water partition coefficient (Wildman–Crippen LogP) is -0.121. The van der Waals surface area contributed by atoms with Crippen LogP contribution in [0.2, 0.25) is 0 Å². The number of nitrogens with one attached hydrogen (secondary N) is 2. The molecule has 78 valence electrons. The van der Waals surface area contributed by atoms with E-state index in [2.05, 4.69) is 27.3 Å². The number of H-pyrrole nitrogens is 1. The fourth-order valence-electron chi connectivity index (χ4n) is 1.81. The summed E-state index contributed by atoms with van der Waals surface area (Å²) in [4.78, 5) is 5.77. The van der Waals surface area contributed by atoms with Crippen LogP contribution >= 0.6 is 0 Å². The van der Waals surface area contributed by atoms with Crippen LogP contribution in [-0.2, 0) is 13.1 Å². The highest BCUT2D eigenvalue weighted by molar-refractivity contribution is 5.12. The van der Waals surface area contributed by atoms with Crippen LogP contribution in [0.15, 0.2) is 12.1 Å². The fourth-order valence-corrected chi connectivity index (χ4v) is 1.81. The minimum atomic E-state index is 0.599. The monoisotopic (exact) mass is 194 g/mol. The molecule has 0 aliphatic carbocycles. The largest absolute Gasteiger partial charge is 0.360 e. The van der Waals surface area contributed by atoms with Gasteiger partial charge in [0.05, 0.1) is 0 Å². The maximum Gasteiger partial charge on any atom is 0.0386 e. The van der Waals surface area contributed by atoms with E-state index in [1.807, 2.05) is 0 Å². The summed E-state index contributed by atoms with van der Waals surface area (Å²) in [5, 5.41) is 3.35.